The molecule has 4 aliphatic rings. The van der Waals surface area contributed by atoms with Crippen LogP contribution in [-0.4, -0.2) is 47.3 Å². The van der Waals surface area contributed by atoms with Gasteiger partial charge in [-0.1, -0.05) is 154 Å². The molecule has 0 bridgehead atoms. The zero-order valence-electron chi connectivity index (χ0n) is 45.5. The molecule has 4 aromatic rings. The number of hydrogen-bond donors (Lipinski definition) is 4. The van der Waals surface area contributed by atoms with E-state index in [0.29, 0.717) is 35.8 Å². The number of quaternary nitrogens is 2. The fourth-order valence-corrected chi connectivity index (χ4v) is 11.3. The van der Waals surface area contributed by atoms with E-state index >= 15 is 0 Å². The average molecular weight is 1040 g/mol. The fourth-order valence-electron chi connectivity index (χ4n) is 9.47. The third-order valence-corrected chi connectivity index (χ3v) is 14.6. The van der Waals surface area contributed by atoms with Gasteiger partial charge in [0.2, 0.25) is 0 Å². The Morgan fingerprint density at radius 1 is 0.472 bits per heavy atom. The maximum atomic E-state index is 12.9. The lowest BCUT2D eigenvalue weighted by molar-refractivity contribution is -0.658. The molecule has 8 rings (SSSR count). The SMILES string of the molecule is Cc1cc2c(c(C(C)(C)C)c1)OP(=O)([O-])Oc1c(cc(C)cc1C(C)(C)C)C2.Cc1cc2c(c(C(C)(C)C)c1)OP(=O)([O-])Oc1c(cc(C)cc1C(C)(C)C)C2.O=C(O)[C@@H]1CCC[NH2+]1.O=C(O)[C@@H]1CCC[NH2+]1. The highest BCUT2D eigenvalue weighted by molar-refractivity contribution is 7.47. The molecule has 0 saturated carbocycles. The second-order valence-electron chi connectivity index (χ2n) is 24.0. The van der Waals surface area contributed by atoms with Crippen LogP contribution in [-0.2, 0) is 53.2 Å². The lowest BCUT2D eigenvalue weighted by Gasteiger charge is -2.35. The van der Waals surface area contributed by atoms with Crippen LogP contribution in [0.3, 0.4) is 0 Å². The molecule has 4 aromatic carbocycles. The summed E-state index contributed by atoms with van der Waals surface area (Å²) in [5.41, 5.74) is 10.2. The summed E-state index contributed by atoms with van der Waals surface area (Å²) in [6.45, 7) is 34.7. The number of carboxylic acid groups (broad SMARTS) is 2. The van der Waals surface area contributed by atoms with Gasteiger partial charge in [-0.2, -0.15) is 0 Å². The summed E-state index contributed by atoms with van der Waals surface area (Å²) in [6.07, 6.45) is 4.90. The molecule has 0 aromatic heterocycles. The largest absolute Gasteiger partial charge is 0.736 e. The van der Waals surface area contributed by atoms with E-state index in [0.717, 1.165) is 106 Å². The first-order chi connectivity index (χ1) is 33.0. The minimum absolute atomic E-state index is 0.144. The Kier molecular flexibility index (Phi) is 17.8. The Balaban J connectivity index is 0.000000204. The molecule has 0 amide bonds. The Hall–Kier alpha value is -4.68. The molecular weight excluding hydrogens is 955 g/mol. The van der Waals surface area contributed by atoms with E-state index < -0.39 is 27.6 Å². The number of carboxylic acids is 2. The van der Waals surface area contributed by atoms with E-state index in [1.165, 1.54) is 0 Å². The number of rotatable bonds is 2. The highest BCUT2D eigenvalue weighted by Gasteiger charge is 2.34. The van der Waals surface area contributed by atoms with E-state index in [1.807, 2.05) is 86.9 Å². The predicted octanol–water partition coefficient (Wildman–Crippen LogP) is 9.05. The van der Waals surface area contributed by atoms with Crippen LogP contribution in [0.1, 0.15) is 176 Å². The van der Waals surface area contributed by atoms with Crippen molar-refractivity contribution < 1.29 is 67.4 Å². The number of hydrogen-bond acceptors (Lipinski definition) is 10. The summed E-state index contributed by atoms with van der Waals surface area (Å²) in [5.74, 6) is 0.286. The first-order valence-electron chi connectivity index (χ1n) is 25.0. The second-order valence-corrected chi connectivity index (χ2v) is 26.6. The van der Waals surface area contributed by atoms with Crippen molar-refractivity contribution >= 4 is 27.6 Å². The van der Waals surface area contributed by atoms with E-state index in [9.17, 15) is 28.5 Å². The molecule has 2 saturated heterocycles. The van der Waals surface area contributed by atoms with Crippen molar-refractivity contribution in [3.8, 4) is 23.0 Å². The van der Waals surface area contributed by atoms with Crippen LogP contribution in [0, 0.1) is 27.7 Å². The zero-order chi connectivity index (χ0) is 54.1. The van der Waals surface area contributed by atoms with Gasteiger partial charge in [0.25, 0.3) is 0 Å². The van der Waals surface area contributed by atoms with Crippen molar-refractivity contribution in [1.29, 1.82) is 0 Å². The highest BCUT2D eigenvalue weighted by atomic mass is 31.2. The Morgan fingerprint density at radius 3 is 0.847 bits per heavy atom. The van der Waals surface area contributed by atoms with E-state index in [-0.39, 0.29) is 33.7 Å². The van der Waals surface area contributed by atoms with Crippen molar-refractivity contribution in [2.75, 3.05) is 13.1 Å². The third kappa shape index (κ3) is 15.2. The van der Waals surface area contributed by atoms with Crippen molar-refractivity contribution in [3.05, 3.63) is 115 Å². The lowest BCUT2D eigenvalue weighted by Crippen LogP contribution is -2.88. The maximum absolute atomic E-state index is 12.9. The smallest absolute Gasteiger partial charge is 0.372 e. The van der Waals surface area contributed by atoms with Gasteiger partial charge in [-0.15, -0.1) is 0 Å². The van der Waals surface area contributed by atoms with Gasteiger partial charge in [-0.25, -0.2) is 18.7 Å². The van der Waals surface area contributed by atoms with Gasteiger partial charge in [0.15, 0.2) is 12.1 Å². The number of phosphoric ester groups is 2. The Bertz CT molecular complexity index is 2410. The summed E-state index contributed by atoms with van der Waals surface area (Å²) in [6, 6.07) is 15.8. The molecule has 396 valence electrons. The zero-order valence-corrected chi connectivity index (χ0v) is 47.2. The van der Waals surface area contributed by atoms with Crippen LogP contribution in [0.2, 0.25) is 0 Å². The molecule has 0 spiro atoms. The minimum atomic E-state index is -4.60. The first kappa shape index (κ1) is 58.2. The molecular formula is C56H80N2O12P2. The summed E-state index contributed by atoms with van der Waals surface area (Å²) < 4.78 is 48.0. The molecule has 2 fully saturated rings. The van der Waals surface area contributed by atoms with E-state index in [4.69, 9.17) is 28.3 Å². The molecule has 0 radical (unpaired) electrons. The molecule has 2 atom stereocenters. The van der Waals surface area contributed by atoms with Crippen LogP contribution in [0.4, 0.5) is 0 Å². The van der Waals surface area contributed by atoms with Gasteiger partial charge in [-0.05, 0) is 71.6 Å². The number of aryl methyl sites for hydroxylation is 4. The van der Waals surface area contributed by atoms with Crippen LogP contribution < -0.4 is 38.5 Å². The van der Waals surface area contributed by atoms with Crippen LogP contribution in [0.15, 0.2) is 48.5 Å². The van der Waals surface area contributed by atoms with Crippen LogP contribution >= 0.6 is 15.6 Å². The Labute approximate surface area is 427 Å². The summed E-state index contributed by atoms with van der Waals surface area (Å²) >= 11 is 0. The van der Waals surface area contributed by atoms with E-state index in [1.54, 1.807) is 0 Å². The van der Waals surface area contributed by atoms with Crippen LogP contribution in [0.5, 0.6) is 23.0 Å². The lowest BCUT2D eigenvalue weighted by atomic mass is 9.81. The van der Waals surface area contributed by atoms with E-state index in [2.05, 4.69) is 83.1 Å². The van der Waals surface area contributed by atoms with Gasteiger partial charge >= 0.3 is 27.6 Å². The topological polar surface area (TPSA) is 225 Å². The molecule has 72 heavy (non-hydrogen) atoms. The van der Waals surface area contributed by atoms with Crippen molar-refractivity contribution in [2.45, 2.75) is 183 Å². The maximum Gasteiger partial charge on any atom is 0.372 e. The normalized spacial score (nSPS) is 18.9. The molecule has 16 heteroatoms. The number of aliphatic carboxylic acids is 2. The number of carbonyl (C=O) groups is 2. The minimum Gasteiger partial charge on any atom is -0.736 e. The molecule has 4 aliphatic heterocycles. The van der Waals surface area contributed by atoms with Gasteiger partial charge in [-0.3, -0.25) is 0 Å². The summed E-state index contributed by atoms with van der Waals surface area (Å²) in [4.78, 5) is 46.1. The predicted molar refractivity (Wildman–Crippen MR) is 278 cm³/mol. The quantitative estimate of drug-likeness (QED) is 0.138. The molecule has 14 nitrogen and oxygen atoms in total. The van der Waals surface area contributed by atoms with Gasteiger partial charge in [0.05, 0.1) is 13.1 Å². The number of nitrogens with two attached hydrogens (primary N) is 2. The standard InChI is InChI=1S/2C23H31O4P.2C5H9NO2/c2*1-14-9-16-13-17-10-15(2)12-19(23(6,7)8)21(17)27-28(24,25)26-20(16)18(11-14)22(3,4)5;2*7-5(8)4-2-1-3-6-4/h2*9-12H,13H2,1-8H3,(H,24,25);2*4,6H,1-3H2,(H,7,8)/t;;2*4-/m..00/s1. The monoisotopic (exact) mass is 1030 g/mol. The van der Waals surface area contributed by atoms with Gasteiger partial charge < -0.3 is 48.7 Å². The molecule has 0 aliphatic carbocycles. The summed E-state index contributed by atoms with van der Waals surface area (Å²) in [5, 5.41) is 20.5. The molecule has 0 unspecified atom stereocenters. The molecule has 6 N–H and O–H groups in total. The first-order valence-corrected chi connectivity index (χ1v) is 28.0. The van der Waals surface area contributed by atoms with Gasteiger partial charge in [0, 0.05) is 60.8 Å². The second kappa shape index (κ2) is 22.0. The third-order valence-electron chi connectivity index (χ3n) is 13.0. The average Bonchev–Trinajstić information content (AvgIpc) is 3.96. The van der Waals surface area contributed by atoms with Crippen LogP contribution in [0.25, 0.3) is 0 Å². The van der Waals surface area contributed by atoms with Crippen molar-refractivity contribution in [1.82, 2.24) is 0 Å². The highest BCUT2D eigenvalue weighted by Crippen LogP contribution is 2.53. The number of benzene rings is 4. The van der Waals surface area contributed by atoms with Crippen molar-refractivity contribution in [3.63, 3.8) is 0 Å². The van der Waals surface area contributed by atoms with Gasteiger partial charge in [0.1, 0.15) is 23.0 Å². The number of phosphoric acid groups is 2. The molecule has 4 heterocycles. The Morgan fingerprint density at radius 2 is 0.694 bits per heavy atom. The number of fused-ring (bicyclic) bond motifs is 4. The summed E-state index contributed by atoms with van der Waals surface area (Å²) in [7, 11) is -9.19. The fraction of sp³-hybridized carbons (Fsp3) is 0.536. The van der Waals surface area contributed by atoms with Crippen molar-refractivity contribution in [2.24, 2.45) is 0 Å².